The van der Waals surface area contributed by atoms with Crippen molar-refractivity contribution in [2.75, 3.05) is 0 Å². The number of nitrogens with zero attached hydrogens (tertiary/aromatic N) is 2. The maximum Gasteiger partial charge on any atom is 0.246 e. The molecule has 0 amide bonds. The van der Waals surface area contributed by atoms with E-state index in [0.717, 1.165) is 25.1 Å². The van der Waals surface area contributed by atoms with Gasteiger partial charge in [-0.05, 0) is 18.8 Å². The van der Waals surface area contributed by atoms with Crippen molar-refractivity contribution in [3.8, 4) is 0 Å². The fourth-order valence-corrected chi connectivity index (χ4v) is 2.48. The highest BCUT2D eigenvalue weighted by molar-refractivity contribution is 5.03. The zero-order valence-electron chi connectivity index (χ0n) is 10.9. The largest absolute Gasteiger partial charge is 0.337 e. The molecular weight excluding hydrogens is 214 g/mol. The van der Waals surface area contributed by atoms with Crippen LogP contribution in [0.5, 0.6) is 0 Å². The number of nitrogens with two attached hydrogens (primary N) is 1. The summed E-state index contributed by atoms with van der Waals surface area (Å²) in [5, 5.41) is 4.04. The Morgan fingerprint density at radius 3 is 2.47 bits per heavy atom. The molecular formula is C13H23N3O. The summed E-state index contributed by atoms with van der Waals surface area (Å²) in [5.74, 6) is 1.99. The predicted octanol–water partition coefficient (Wildman–Crippen LogP) is 2.78. The predicted molar refractivity (Wildman–Crippen MR) is 66.4 cm³/mol. The Hall–Kier alpha value is -0.900. The van der Waals surface area contributed by atoms with Crippen LogP contribution in [-0.4, -0.2) is 10.1 Å². The molecule has 17 heavy (non-hydrogen) atoms. The summed E-state index contributed by atoms with van der Waals surface area (Å²) in [6.45, 7) is 4.31. The number of hydrogen-bond donors (Lipinski definition) is 1. The number of aromatic nitrogens is 2. The maximum absolute atomic E-state index is 6.43. The van der Waals surface area contributed by atoms with E-state index in [-0.39, 0.29) is 5.54 Å². The lowest BCUT2D eigenvalue weighted by Gasteiger charge is -2.22. The Labute approximate surface area is 103 Å². The fraction of sp³-hybridized carbons (Fsp3) is 0.846. The lowest BCUT2D eigenvalue weighted by molar-refractivity contribution is 0.256. The molecule has 1 heterocycles. The van der Waals surface area contributed by atoms with Crippen molar-refractivity contribution in [1.82, 2.24) is 10.1 Å². The molecule has 2 N–H and O–H groups in total. The average Bonchev–Trinajstić information content (AvgIpc) is 2.60. The van der Waals surface area contributed by atoms with Gasteiger partial charge in [-0.15, -0.1) is 0 Å². The first kappa shape index (κ1) is 12.6. The zero-order chi connectivity index (χ0) is 12.3. The van der Waals surface area contributed by atoms with Crippen molar-refractivity contribution in [3.05, 3.63) is 11.7 Å². The van der Waals surface area contributed by atoms with Gasteiger partial charge >= 0.3 is 0 Å². The van der Waals surface area contributed by atoms with Crippen LogP contribution < -0.4 is 5.73 Å². The van der Waals surface area contributed by atoms with Crippen LogP contribution in [0.15, 0.2) is 4.52 Å². The third-order valence-corrected chi connectivity index (χ3v) is 3.48. The van der Waals surface area contributed by atoms with E-state index in [2.05, 4.69) is 24.0 Å². The lowest BCUT2D eigenvalue weighted by atomic mass is 9.91. The van der Waals surface area contributed by atoms with E-state index >= 15 is 0 Å². The first-order chi connectivity index (χ1) is 8.10. The monoisotopic (exact) mass is 237 g/mol. The summed E-state index contributed by atoms with van der Waals surface area (Å²) in [7, 11) is 0. The summed E-state index contributed by atoms with van der Waals surface area (Å²) >= 11 is 0. The second kappa shape index (κ2) is 5.17. The second-order valence-corrected chi connectivity index (χ2v) is 5.68. The van der Waals surface area contributed by atoms with Crippen LogP contribution in [0.4, 0.5) is 0 Å². The van der Waals surface area contributed by atoms with E-state index in [1.807, 2.05) is 0 Å². The van der Waals surface area contributed by atoms with Gasteiger partial charge in [-0.1, -0.05) is 44.7 Å². The molecule has 4 heteroatoms. The highest BCUT2D eigenvalue weighted by Crippen LogP contribution is 2.32. The minimum atomic E-state index is -0.376. The van der Waals surface area contributed by atoms with E-state index < -0.39 is 0 Å². The van der Waals surface area contributed by atoms with Crippen molar-refractivity contribution in [3.63, 3.8) is 0 Å². The van der Waals surface area contributed by atoms with Gasteiger partial charge in [-0.3, -0.25) is 0 Å². The molecule has 0 bridgehead atoms. The van der Waals surface area contributed by atoms with Gasteiger partial charge in [0.15, 0.2) is 5.82 Å². The fourth-order valence-electron chi connectivity index (χ4n) is 2.48. The molecule has 0 atom stereocenters. The van der Waals surface area contributed by atoms with Gasteiger partial charge < -0.3 is 10.3 Å². The molecule has 96 valence electrons. The van der Waals surface area contributed by atoms with Crippen LogP contribution in [0.3, 0.4) is 0 Å². The third kappa shape index (κ3) is 3.06. The first-order valence-electron chi connectivity index (χ1n) is 6.72. The zero-order valence-corrected chi connectivity index (χ0v) is 10.9. The Morgan fingerprint density at radius 2 is 1.88 bits per heavy atom. The molecule has 1 aliphatic carbocycles. The quantitative estimate of drug-likeness (QED) is 0.821. The standard InChI is InChI=1S/C13H23N3O/c1-10(2)9-11-15-12(17-16-11)13(14)7-5-3-4-6-8-13/h10H,3-9,14H2,1-2H3. The Kier molecular flexibility index (Phi) is 3.82. The van der Waals surface area contributed by atoms with Crippen molar-refractivity contribution < 1.29 is 4.52 Å². The molecule has 4 nitrogen and oxygen atoms in total. The normalized spacial score (nSPS) is 20.5. The summed E-state index contributed by atoms with van der Waals surface area (Å²) < 4.78 is 5.38. The minimum absolute atomic E-state index is 0.376. The highest BCUT2D eigenvalue weighted by Gasteiger charge is 2.34. The molecule has 0 saturated heterocycles. The van der Waals surface area contributed by atoms with E-state index in [1.54, 1.807) is 0 Å². The SMILES string of the molecule is CC(C)Cc1noc(C2(N)CCCCCC2)n1. The van der Waals surface area contributed by atoms with E-state index in [1.165, 1.54) is 25.7 Å². The van der Waals surface area contributed by atoms with Crippen LogP contribution >= 0.6 is 0 Å². The van der Waals surface area contributed by atoms with E-state index in [4.69, 9.17) is 10.3 Å². The summed E-state index contributed by atoms with van der Waals surface area (Å²) in [6, 6.07) is 0. The molecule has 1 saturated carbocycles. The smallest absolute Gasteiger partial charge is 0.246 e. The summed E-state index contributed by atoms with van der Waals surface area (Å²) in [4.78, 5) is 4.48. The summed E-state index contributed by atoms with van der Waals surface area (Å²) in [6.07, 6.45) is 7.67. The average molecular weight is 237 g/mol. The Bertz CT molecular complexity index is 351. The lowest BCUT2D eigenvalue weighted by Crippen LogP contribution is -2.36. The van der Waals surface area contributed by atoms with Crippen molar-refractivity contribution in [2.45, 2.75) is 64.3 Å². The molecule has 0 unspecified atom stereocenters. The molecule has 1 aromatic rings. The Morgan fingerprint density at radius 1 is 1.24 bits per heavy atom. The molecule has 1 aromatic heterocycles. The van der Waals surface area contributed by atoms with Crippen molar-refractivity contribution >= 4 is 0 Å². The van der Waals surface area contributed by atoms with Gasteiger partial charge in [0.25, 0.3) is 0 Å². The topological polar surface area (TPSA) is 64.9 Å². The van der Waals surface area contributed by atoms with Crippen LogP contribution in [0.2, 0.25) is 0 Å². The third-order valence-electron chi connectivity index (χ3n) is 3.48. The maximum atomic E-state index is 6.43. The Balaban J connectivity index is 2.11. The van der Waals surface area contributed by atoms with Gasteiger partial charge in [0.2, 0.25) is 5.89 Å². The second-order valence-electron chi connectivity index (χ2n) is 5.68. The first-order valence-corrected chi connectivity index (χ1v) is 6.72. The van der Waals surface area contributed by atoms with Crippen molar-refractivity contribution in [2.24, 2.45) is 11.7 Å². The van der Waals surface area contributed by atoms with Gasteiger partial charge in [0, 0.05) is 6.42 Å². The van der Waals surface area contributed by atoms with Gasteiger partial charge in [0.1, 0.15) is 0 Å². The molecule has 1 fully saturated rings. The van der Waals surface area contributed by atoms with E-state index in [0.29, 0.717) is 11.8 Å². The number of hydrogen-bond acceptors (Lipinski definition) is 4. The minimum Gasteiger partial charge on any atom is -0.337 e. The van der Waals surface area contributed by atoms with Crippen LogP contribution in [-0.2, 0) is 12.0 Å². The molecule has 0 radical (unpaired) electrons. The van der Waals surface area contributed by atoms with Gasteiger partial charge in [-0.25, -0.2) is 0 Å². The molecule has 0 aromatic carbocycles. The van der Waals surface area contributed by atoms with Gasteiger partial charge in [0.05, 0.1) is 5.54 Å². The van der Waals surface area contributed by atoms with Crippen LogP contribution in [0.25, 0.3) is 0 Å². The van der Waals surface area contributed by atoms with E-state index in [9.17, 15) is 0 Å². The molecule has 1 aliphatic rings. The molecule has 0 aliphatic heterocycles. The molecule has 2 rings (SSSR count). The van der Waals surface area contributed by atoms with Crippen LogP contribution in [0, 0.1) is 5.92 Å². The molecule has 0 spiro atoms. The number of rotatable bonds is 3. The summed E-state index contributed by atoms with van der Waals surface area (Å²) in [5.41, 5.74) is 6.05. The highest BCUT2D eigenvalue weighted by atomic mass is 16.5. The van der Waals surface area contributed by atoms with Crippen molar-refractivity contribution in [1.29, 1.82) is 0 Å². The van der Waals surface area contributed by atoms with Crippen LogP contribution in [0.1, 0.15) is 64.1 Å². The van der Waals surface area contributed by atoms with Gasteiger partial charge in [-0.2, -0.15) is 4.98 Å².